The van der Waals surface area contributed by atoms with Gasteiger partial charge < -0.3 is 10.1 Å². The van der Waals surface area contributed by atoms with Gasteiger partial charge in [0.2, 0.25) is 0 Å². The van der Waals surface area contributed by atoms with Crippen molar-refractivity contribution in [2.45, 2.75) is 19.9 Å². The van der Waals surface area contributed by atoms with Crippen LogP contribution in [0.4, 0.5) is 0 Å². The van der Waals surface area contributed by atoms with E-state index in [1.807, 2.05) is 6.07 Å². The standard InChI is InChI=1S/C14H16N4O3/c1-3-21-14(20)9(2)16-13(19)12-7-11(17-18-12)10-5-4-6-15-8-10/h4-9H,3H2,1-2H3,(H,16,19)(H,17,18)/t9-/m0/s1. The number of aromatic nitrogens is 3. The lowest BCUT2D eigenvalue weighted by Crippen LogP contribution is -2.39. The van der Waals surface area contributed by atoms with Crippen LogP contribution in [0.3, 0.4) is 0 Å². The summed E-state index contributed by atoms with van der Waals surface area (Å²) in [5.74, 6) is -0.893. The van der Waals surface area contributed by atoms with Gasteiger partial charge in [0, 0.05) is 18.0 Å². The monoisotopic (exact) mass is 288 g/mol. The van der Waals surface area contributed by atoms with Crippen molar-refractivity contribution < 1.29 is 14.3 Å². The van der Waals surface area contributed by atoms with Gasteiger partial charge in [-0.2, -0.15) is 5.10 Å². The molecule has 2 heterocycles. The molecule has 7 nitrogen and oxygen atoms in total. The molecule has 2 aromatic rings. The van der Waals surface area contributed by atoms with Crippen molar-refractivity contribution >= 4 is 11.9 Å². The van der Waals surface area contributed by atoms with Crippen molar-refractivity contribution in [3.05, 3.63) is 36.3 Å². The van der Waals surface area contributed by atoms with E-state index >= 15 is 0 Å². The minimum absolute atomic E-state index is 0.269. The summed E-state index contributed by atoms with van der Waals surface area (Å²) in [6.45, 7) is 3.55. The summed E-state index contributed by atoms with van der Waals surface area (Å²) in [6, 6.07) is 4.51. The lowest BCUT2D eigenvalue weighted by molar-refractivity contribution is -0.144. The van der Waals surface area contributed by atoms with Gasteiger partial charge in [0.25, 0.3) is 5.91 Å². The maximum Gasteiger partial charge on any atom is 0.328 e. The maximum atomic E-state index is 12.0. The number of ether oxygens (including phenoxy) is 1. The molecule has 21 heavy (non-hydrogen) atoms. The number of carbonyl (C=O) groups is 2. The molecule has 7 heteroatoms. The summed E-state index contributed by atoms with van der Waals surface area (Å²) in [6.07, 6.45) is 3.31. The lowest BCUT2D eigenvalue weighted by Gasteiger charge is -2.11. The zero-order chi connectivity index (χ0) is 15.2. The number of aromatic amines is 1. The number of rotatable bonds is 5. The molecule has 0 saturated heterocycles. The molecule has 0 fully saturated rings. The second-order valence-electron chi connectivity index (χ2n) is 4.36. The van der Waals surface area contributed by atoms with Crippen LogP contribution >= 0.6 is 0 Å². The number of carbonyl (C=O) groups excluding carboxylic acids is 2. The first-order chi connectivity index (χ1) is 10.1. The second kappa shape index (κ2) is 6.65. The Morgan fingerprint density at radius 3 is 2.95 bits per heavy atom. The lowest BCUT2D eigenvalue weighted by atomic mass is 10.2. The number of nitrogens with one attached hydrogen (secondary N) is 2. The number of hydrogen-bond acceptors (Lipinski definition) is 5. The van der Waals surface area contributed by atoms with Gasteiger partial charge in [-0.1, -0.05) is 0 Å². The van der Waals surface area contributed by atoms with E-state index in [0.717, 1.165) is 5.56 Å². The van der Waals surface area contributed by atoms with E-state index in [1.54, 1.807) is 38.4 Å². The van der Waals surface area contributed by atoms with E-state index in [9.17, 15) is 9.59 Å². The number of amides is 1. The molecule has 2 rings (SSSR count). The quantitative estimate of drug-likeness (QED) is 0.804. The van der Waals surface area contributed by atoms with Crippen LogP contribution in [0.2, 0.25) is 0 Å². The summed E-state index contributed by atoms with van der Waals surface area (Å²) in [5.41, 5.74) is 1.67. The second-order valence-corrected chi connectivity index (χ2v) is 4.36. The average molecular weight is 288 g/mol. The highest BCUT2D eigenvalue weighted by Gasteiger charge is 2.19. The third-order valence-corrected chi connectivity index (χ3v) is 2.77. The first kappa shape index (κ1) is 14.7. The van der Waals surface area contributed by atoms with Crippen molar-refractivity contribution in [1.82, 2.24) is 20.5 Å². The molecule has 110 valence electrons. The van der Waals surface area contributed by atoms with E-state index in [-0.39, 0.29) is 12.3 Å². The SMILES string of the molecule is CCOC(=O)[C@H](C)NC(=O)c1cc(-c2cccnc2)n[nH]1. The normalized spacial score (nSPS) is 11.7. The van der Waals surface area contributed by atoms with E-state index < -0.39 is 17.9 Å². The Hall–Kier alpha value is -2.70. The van der Waals surface area contributed by atoms with Gasteiger partial charge in [-0.05, 0) is 32.0 Å². The number of pyridine rings is 1. The van der Waals surface area contributed by atoms with Crippen LogP contribution in [0, 0.1) is 0 Å². The van der Waals surface area contributed by atoms with Crippen LogP contribution in [0.5, 0.6) is 0 Å². The molecular formula is C14H16N4O3. The Kier molecular flexibility index (Phi) is 4.65. The molecule has 0 radical (unpaired) electrons. The predicted octanol–water partition coefficient (Wildman–Crippen LogP) is 1.15. The Morgan fingerprint density at radius 1 is 1.48 bits per heavy atom. The van der Waals surface area contributed by atoms with Gasteiger partial charge in [-0.3, -0.25) is 14.9 Å². The van der Waals surface area contributed by atoms with E-state index in [1.165, 1.54) is 0 Å². The highest BCUT2D eigenvalue weighted by molar-refractivity contribution is 5.95. The van der Waals surface area contributed by atoms with E-state index in [0.29, 0.717) is 5.69 Å². The molecule has 0 unspecified atom stereocenters. The Morgan fingerprint density at radius 2 is 2.29 bits per heavy atom. The minimum Gasteiger partial charge on any atom is -0.464 e. The van der Waals surface area contributed by atoms with Crippen molar-refractivity contribution in [2.75, 3.05) is 6.61 Å². The molecule has 2 aromatic heterocycles. The zero-order valence-corrected chi connectivity index (χ0v) is 11.8. The maximum absolute atomic E-state index is 12.0. The molecule has 0 aliphatic rings. The Bertz CT molecular complexity index is 624. The topological polar surface area (TPSA) is 97.0 Å². The fourth-order valence-corrected chi connectivity index (χ4v) is 1.70. The van der Waals surface area contributed by atoms with Crippen LogP contribution in [0.1, 0.15) is 24.3 Å². The Labute approximate surface area is 121 Å². The van der Waals surface area contributed by atoms with Gasteiger partial charge in [-0.15, -0.1) is 0 Å². The van der Waals surface area contributed by atoms with E-state index in [4.69, 9.17) is 4.74 Å². The molecule has 0 aliphatic carbocycles. The number of nitrogens with zero attached hydrogens (tertiary/aromatic N) is 2. The first-order valence-corrected chi connectivity index (χ1v) is 6.55. The molecule has 0 aromatic carbocycles. The molecule has 0 aliphatic heterocycles. The molecule has 0 bridgehead atoms. The van der Waals surface area contributed by atoms with Crippen LogP contribution in [0.25, 0.3) is 11.3 Å². The van der Waals surface area contributed by atoms with E-state index in [2.05, 4.69) is 20.5 Å². The summed E-state index contributed by atoms with van der Waals surface area (Å²) >= 11 is 0. The number of hydrogen-bond donors (Lipinski definition) is 2. The van der Waals surface area contributed by atoms with Crippen LogP contribution < -0.4 is 5.32 Å². The number of H-pyrrole nitrogens is 1. The minimum atomic E-state index is -0.720. The molecular weight excluding hydrogens is 272 g/mol. The molecule has 0 spiro atoms. The zero-order valence-electron chi connectivity index (χ0n) is 11.8. The Balaban J connectivity index is 2.04. The largest absolute Gasteiger partial charge is 0.464 e. The molecule has 0 saturated carbocycles. The highest BCUT2D eigenvalue weighted by atomic mass is 16.5. The third kappa shape index (κ3) is 3.65. The van der Waals surface area contributed by atoms with Gasteiger partial charge in [-0.25, -0.2) is 4.79 Å². The van der Waals surface area contributed by atoms with Gasteiger partial charge in [0.05, 0.1) is 12.3 Å². The van der Waals surface area contributed by atoms with Crippen molar-refractivity contribution in [3.63, 3.8) is 0 Å². The average Bonchev–Trinajstić information content (AvgIpc) is 2.98. The summed E-state index contributed by atoms with van der Waals surface area (Å²) < 4.78 is 4.83. The number of esters is 1. The molecule has 2 N–H and O–H groups in total. The summed E-state index contributed by atoms with van der Waals surface area (Å²) in [7, 11) is 0. The summed E-state index contributed by atoms with van der Waals surface area (Å²) in [4.78, 5) is 27.5. The van der Waals surface area contributed by atoms with Gasteiger partial charge in [0.15, 0.2) is 0 Å². The van der Waals surface area contributed by atoms with Crippen LogP contribution in [-0.2, 0) is 9.53 Å². The van der Waals surface area contributed by atoms with Crippen LogP contribution in [-0.4, -0.2) is 39.7 Å². The fraction of sp³-hybridized carbons (Fsp3) is 0.286. The molecule has 1 amide bonds. The smallest absolute Gasteiger partial charge is 0.328 e. The van der Waals surface area contributed by atoms with Gasteiger partial charge >= 0.3 is 5.97 Å². The summed E-state index contributed by atoms with van der Waals surface area (Å²) in [5, 5.41) is 9.24. The first-order valence-electron chi connectivity index (χ1n) is 6.55. The van der Waals surface area contributed by atoms with Crippen molar-refractivity contribution in [3.8, 4) is 11.3 Å². The highest BCUT2D eigenvalue weighted by Crippen LogP contribution is 2.15. The van der Waals surface area contributed by atoms with Crippen molar-refractivity contribution in [1.29, 1.82) is 0 Å². The fourth-order valence-electron chi connectivity index (χ4n) is 1.70. The predicted molar refractivity (Wildman–Crippen MR) is 75.4 cm³/mol. The molecule has 1 atom stereocenters. The third-order valence-electron chi connectivity index (χ3n) is 2.77. The van der Waals surface area contributed by atoms with Crippen LogP contribution in [0.15, 0.2) is 30.6 Å². The van der Waals surface area contributed by atoms with Crippen molar-refractivity contribution in [2.24, 2.45) is 0 Å². The van der Waals surface area contributed by atoms with Gasteiger partial charge in [0.1, 0.15) is 11.7 Å².